The lowest BCUT2D eigenvalue weighted by Gasteiger charge is -2.32. The van der Waals surface area contributed by atoms with E-state index < -0.39 is 0 Å². The lowest BCUT2D eigenvalue weighted by molar-refractivity contribution is 0.219. The molecule has 0 unspecified atom stereocenters. The number of likely N-dealkylation sites (tertiary alicyclic amines) is 1. The Hall–Kier alpha value is -1.09. The molecule has 0 aliphatic carbocycles. The van der Waals surface area contributed by atoms with Crippen LogP contribution in [0.5, 0.6) is 0 Å². The summed E-state index contributed by atoms with van der Waals surface area (Å²) in [6.45, 7) is 7.97. The fourth-order valence-electron chi connectivity index (χ4n) is 2.45. The highest BCUT2D eigenvalue weighted by Gasteiger charge is 2.18. The van der Waals surface area contributed by atoms with Crippen LogP contribution >= 0.6 is 0 Å². The maximum atomic E-state index is 4.50. The Bertz CT molecular complexity index is 343. The molecule has 0 amide bonds. The first kappa shape index (κ1) is 12.4. The molecule has 3 heteroatoms. The molecular formula is C14H23N3. The number of hydrogen-bond donors (Lipinski definition) is 1. The van der Waals surface area contributed by atoms with Gasteiger partial charge in [-0.05, 0) is 44.9 Å². The minimum absolute atomic E-state index is 0.595. The first-order valence-electron chi connectivity index (χ1n) is 6.70. The van der Waals surface area contributed by atoms with E-state index >= 15 is 0 Å². The predicted molar refractivity (Wildman–Crippen MR) is 72.3 cm³/mol. The standard InChI is InChI=1S/C14H23N3/c1-3-9-17-10-7-13(8-11-17)16-14-6-4-5-12(2)15-14/h4-6,13H,3,7-11H2,1-2H3,(H,15,16). The van der Waals surface area contributed by atoms with Gasteiger partial charge in [0, 0.05) is 24.8 Å². The SMILES string of the molecule is CCCN1CCC(Nc2cccc(C)n2)CC1. The monoisotopic (exact) mass is 233 g/mol. The summed E-state index contributed by atoms with van der Waals surface area (Å²) < 4.78 is 0. The van der Waals surface area contributed by atoms with E-state index in [2.05, 4.69) is 34.3 Å². The Morgan fingerprint density at radius 1 is 1.35 bits per heavy atom. The topological polar surface area (TPSA) is 28.2 Å². The van der Waals surface area contributed by atoms with Crippen LogP contribution in [0.2, 0.25) is 0 Å². The molecule has 1 aromatic rings. The zero-order valence-electron chi connectivity index (χ0n) is 10.9. The van der Waals surface area contributed by atoms with Crippen LogP contribution in [0.3, 0.4) is 0 Å². The quantitative estimate of drug-likeness (QED) is 0.866. The summed E-state index contributed by atoms with van der Waals surface area (Å²) in [5, 5.41) is 3.55. The van der Waals surface area contributed by atoms with Gasteiger partial charge in [-0.2, -0.15) is 0 Å². The molecule has 1 aliphatic rings. The number of pyridine rings is 1. The zero-order valence-corrected chi connectivity index (χ0v) is 10.9. The molecule has 1 aromatic heterocycles. The molecule has 0 aromatic carbocycles. The van der Waals surface area contributed by atoms with Gasteiger partial charge in [0.15, 0.2) is 0 Å². The highest BCUT2D eigenvalue weighted by atomic mass is 15.1. The molecule has 0 saturated carbocycles. The summed E-state index contributed by atoms with van der Waals surface area (Å²) in [6, 6.07) is 6.76. The molecule has 94 valence electrons. The second kappa shape index (κ2) is 6.01. The summed E-state index contributed by atoms with van der Waals surface area (Å²) in [4.78, 5) is 7.06. The van der Waals surface area contributed by atoms with Gasteiger partial charge in [0.25, 0.3) is 0 Å². The van der Waals surface area contributed by atoms with Crippen LogP contribution < -0.4 is 5.32 Å². The number of anilines is 1. The molecule has 1 saturated heterocycles. The van der Waals surface area contributed by atoms with Crippen molar-refractivity contribution in [2.24, 2.45) is 0 Å². The Labute approximate surface area is 104 Å². The van der Waals surface area contributed by atoms with Crippen molar-refractivity contribution < 1.29 is 0 Å². The zero-order chi connectivity index (χ0) is 12.1. The highest BCUT2D eigenvalue weighted by Crippen LogP contribution is 2.15. The third-order valence-electron chi connectivity index (χ3n) is 3.37. The van der Waals surface area contributed by atoms with E-state index in [1.54, 1.807) is 0 Å². The summed E-state index contributed by atoms with van der Waals surface area (Å²) >= 11 is 0. The van der Waals surface area contributed by atoms with Crippen molar-refractivity contribution in [2.45, 2.75) is 39.2 Å². The molecule has 1 fully saturated rings. The number of aryl methyl sites for hydroxylation is 1. The molecule has 0 radical (unpaired) electrons. The van der Waals surface area contributed by atoms with Crippen molar-refractivity contribution in [3.63, 3.8) is 0 Å². The van der Waals surface area contributed by atoms with Gasteiger partial charge in [0.05, 0.1) is 0 Å². The first-order valence-corrected chi connectivity index (χ1v) is 6.70. The van der Waals surface area contributed by atoms with Crippen LogP contribution in [0.15, 0.2) is 18.2 Å². The molecular weight excluding hydrogens is 210 g/mol. The van der Waals surface area contributed by atoms with Crippen molar-refractivity contribution in [2.75, 3.05) is 25.0 Å². The number of piperidine rings is 1. The third kappa shape index (κ3) is 3.70. The third-order valence-corrected chi connectivity index (χ3v) is 3.37. The molecule has 1 aliphatic heterocycles. The van der Waals surface area contributed by atoms with Gasteiger partial charge in [-0.3, -0.25) is 0 Å². The van der Waals surface area contributed by atoms with Crippen LogP contribution in [-0.4, -0.2) is 35.6 Å². The molecule has 17 heavy (non-hydrogen) atoms. The fraction of sp³-hybridized carbons (Fsp3) is 0.643. The van der Waals surface area contributed by atoms with Crippen molar-refractivity contribution >= 4 is 5.82 Å². The van der Waals surface area contributed by atoms with Crippen molar-refractivity contribution in [1.82, 2.24) is 9.88 Å². The van der Waals surface area contributed by atoms with E-state index in [-0.39, 0.29) is 0 Å². The van der Waals surface area contributed by atoms with E-state index in [4.69, 9.17) is 0 Å². The van der Waals surface area contributed by atoms with Crippen LogP contribution in [0.1, 0.15) is 31.9 Å². The second-order valence-corrected chi connectivity index (χ2v) is 4.92. The Morgan fingerprint density at radius 3 is 2.76 bits per heavy atom. The molecule has 2 heterocycles. The lowest BCUT2D eigenvalue weighted by Crippen LogP contribution is -2.39. The van der Waals surface area contributed by atoms with Crippen molar-refractivity contribution in [3.8, 4) is 0 Å². The van der Waals surface area contributed by atoms with Crippen molar-refractivity contribution in [1.29, 1.82) is 0 Å². The first-order chi connectivity index (χ1) is 8.28. The van der Waals surface area contributed by atoms with Gasteiger partial charge in [-0.1, -0.05) is 13.0 Å². The highest BCUT2D eigenvalue weighted by molar-refractivity contribution is 5.36. The summed E-state index contributed by atoms with van der Waals surface area (Å²) in [5.41, 5.74) is 1.08. The number of hydrogen-bond acceptors (Lipinski definition) is 3. The molecule has 0 bridgehead atoms. The number of aromatic nitrogens is 1. The average molecular weight is 233 g/mol. The minimum Gasteiger partial charge on any atom is -0.367 e. The van der Waals surface area contributed by atoms with E-state index in [9.17, 15) is 0 Å². The van der Waals surface area contributed by atoms with Gasteiger partial charge in [-0.25, -0.2) is 4.98 Å². The molecule has 3 nitrogen and oxygen atoms in total. The van der Waals surface area contributed by atoms with Gasteiger partial charge in [0.1, 0.15) is 5.82 Å². The Morgan fingerprint density at radius 2 is 2.12 bits per heavy atom. The number of nitrogens with zero attached hydrogens (tertiary/aromatic N) is 2. The smallest absolute Gasteiger partial charge is 0.126 e. The normalized spacial score (nSPS) is 18.2. The van der Waals surface area contributed by atoms with Gasteiger partial charge < -0.3 is 10.2 Å². The van der Waals surface area contributed by atoms with Gasteiger partial charge in [0.2, 0.25) is 0 Å². The van der Waals surface area contributed by atoms with E-state index in [0.29, 0.717) is 6.04 Å². The van der Waals surface area contributed by atoms with Crippen LogP contribution in [0.25, 0.3) is 0 Å². The van der Waals surface area contributed by atoms with Crippen LogP contribution in [0.4, 0.5) is 5.82 Å². The summed E-state index contributed by atoms with van der Waals surface area (Å²) in [7, 11) is 0. The van der Waals surface area contributed by atoms with Gasteiger partial charge >= 0.3 is 0 Å². The van der Waals surface area contributed by atoms with Crippen LogP contribution in [0, 0.1) is 6.92 Å². The average Bonchev–Trinajstić information content (AvgIpc) is 2.32. The number of rotatable bonds is 4. The van der Waals surface area contributed by atoms with E-state index in [0.717, 1.165) is 11.5 Å². The van der Waals surface area contributed by atoms with E-state index in [1.807, 2.05) is 13.0 Å². The fourth-order valence-corrected chi connectivity index (χ4v) is 2.45. The van der Waals surface area contributed by atoms with Crippen molar-refractivity contribution in [3.05, 3.63) is 23.9 Å². The molecule has 0 atom stereocenters. The largest absolute Gasteiger partial charge is 0.367 e. The molecule has 1 N–H and O–H groups in total. The summed E-state index contributed by atoms with van der Waals surface area (Å²) in [6.07, 6.45) is 3.72. The maximum absolute atomic E-state index is 4.50. The van der Waals surface area contributed by atoms with E-state index in [1.165, 1.54) is 38.9 Å². The molecule has 0 spiro atoms. The molecule has 2 rings (SSSR count). The summed E-state index contributed by atoms with van der Waals surface area (Å²) in [5.74, 6) is 1.03. The van der Waals surface area contributed by atoms with Gasteiger partial charge in [-0.15, -0.1) is 0 Å². The predicted octanol–water partition coefficient (Wildman–Crippen LogP) is 2.68. The lowest BCUT2D eigenvalue weighted by atomic mass is 10.0. The number of nitrogens with one attached hydrogen (secondary N) is 1. The Kier molecular flexibility index (Phi) is 4.37. The Balaban J connectivity index is 1.82. The maximum Gasteiger partial charge on any atom is 0.126 e. The minimum atomic E-state index is 0.595. The second-order valence-electron chi connectivity index (χ2n) is 4.92. The van der Waals surface area contributed by atoms with Crippen LogP contribution in [-0.2, 0) is 0 Å².